The molecule has 0 spiro atoms. The topological polar surface area (TPSA) is 62.2 Å². The molecule has 0 atom stereocenters. The van der Waals surface area contributed by atoms with Crippen LogP contribution in [0.4, 0.5) is 0 Å². The number of carbonyl (C=O) groups is 1. The molecule has 0 saturated carbocycles. The number of aromatic nitrogens is 1. The van der Waals surface area contributed by atoms with E-state index in [2.05, 4.69) is 10.3 Å². The molecule has 1 aromatic rings. The Morgan fingerprint density at radius 3 is 3.11 bits per heavy atom. The average Bonchev–Trinajstić information content (AvgIpc) is 2.77. The van der Waals surface area contributed by atoms with Gasteiger partial charge in [0.2, 0.25) is 5.91 Å². The second kappa shape index (κ2) is 9.13. The van der Waals surface area contributed by atoms with E-state index < -0.39 is 0 Å². The second-order valence-corrected chi connectivity index (χ2v) is 6.09. The van der Waals surface area contributed by atoms with Gasteiger partial charge in [0.1, 0.15) is 0 Å². The van der Waals surface area contributed by atoms with Gasteiger partial charge in [-0.25, -0.2) is 4.98 Å². The van der Waals surface area contributed by atoms with Gasteiger partial charge in [-0.2, -0.15) is 11.8 Å². The first kappa shape index (κ1) is 15.2. The molecule has 4 nitrogen and oxygen atoms in total. The first-order valence-corrected chi connectivity index (χ1v) is 7.76. The highest BCUT2D eigenvalue weighted by Crippen LogP contribution is 2.12. The molecule has 2 N–H and O–H groups in total. The van der Waals surface area contributed by atoms with E-state index in [4.69, 9.17) is 5.11 Å². The molecule has 0 radical (unpaired) electrons. The van der Waals surface area contributed by atoms with Crippen LogP contribution in [0.15, 0.2) is 12.3 Å². The monoisotopic (exact) mass is 286 g/mol. The fourth-order valence-corrected chi connectivity index (χ4v) is 2.66. The molecule has 1 rings (SSSR count). The molecule has 0 saturated heterocycles. The molecule has 1 amide bonds. The van der Waals surface area contributed by atoms with E-state index >= 15 is 0 Å². The minimum Gasteiger partial charge on any atom is -0.396 e. The van der Waals surface area contributed by atoms with Gasteiger partial charge in [-0.1, -0.05) is 0 Å². The maximum atomic E-state index is 11.4. The van der Waals surface area contributed by atoms with Gasteiger partial charge in [-0.3, -0.25) is 4.79 Å². The van der Waals surface area contributed by atoms with E-state index in [-0.39, 0.29) is 12.5 Å². The Bertz CT molecular complexity index is 391. The number of nitrogens with one attached hydrogen (secondary N) is 1. The molecular formula is C12H18N2O2S2. The van der Waals surface area contributed by atoms with Gasteiger partial charge in [-0.15, -0.1) is 11.3 Å². The van der Waals surface area contributed by atoms with Crippen molar-refractivity contribution >= 4 is 35.1 Å². The Morgan fingerprint density at radius 1 is 1.61 bits per heavy atom. The summed E-state index contributed by atoms with van der Waals surface area (Å²) in [4.78, 5) is 16.5. The first-order chi connectivity index (χ1) is 8.72. The Balaban J connectivity index is 2.12. The number of thioether (sulfide) groups is 1. The summed E-state index contributed by atoms with van der Waals surface area (Å²) in [6, 6.07) is 0. The van der Waals surface area contributed by atoms with Crippen LogP contribution in [-0.4, -0.2) is 40.7 Å². The zero-order chi connectivity index (χ0) is 13.2. The molecule has 100 valence electrons. The highest BCUT2D eigenvalue weighted by atomic mass is 32.2. The summed E-state index contributed by atoms with van der Waals surface area (Å²) in [5, 5.41) is 12.4. The van der Waals surface area contributed by atoms with Crippen LogP contribution >= 0.6 is 23.1 Å². The quantitative estimate of drug-likeness (QED) is 0.564. The number of aliphatic hydroxyl groups is 1. The lowest BCUT2D eigenvalue weighted by atomic mass is 10.4. The SMILES string of the molecule is Cc1ncc(/C=C/C(=O)NCCSCCCO)s1. The lowest BCUT2D eigenvalue weighted by molar-refractivity contribution is -0.116. The fraction of sp³-hybridized carbons (Fsp3) is 0.500. The molecule has 1 aromatic heterocycles. The summed E-state index contributed by atoms with van der Waals surface area (Å²) in [6.07, 6.45) is 5.88. The third-order valence-corrected chi connectivity index (χ3v) is 3.98. The van der Waals surface area contributed by atoms with Gasteiger partial charge in [-0.05, 0) is 25.2 Å². The normalized spacial score (nSPS) is 11.0. The number of aliphatic hydroxyl groups excluding tert-OH is 1. The number of thiazole rings is 1. The largest absolute Gasteiger partial charge is 0.396 e. The zero-order valence-corrected chi connectivity index (χ0v) is 12.0. The van der Waals surface area contributed by atoms with Gasteiger partial charge >= 0.3 is 0 Å². The Labute approximate surface area is 116 Å². The number of aryl methyl sites for hydroxylation is 1. The molecule has 0 aliphatic heterocycles. The van der Waals surface area contributed by atoms with Crippen LogP contribution in [-0.2, 0) is 4.79 Å². The van der Waals surface area contributed by atoms with Crippen LogP contribution < -0.4 is 5.32 Å². The summed E-state index contributed by atoms with van der Waals surface area (Å²) >= 11 is 3.29. The van der Waals surface area contributed by atoms with Crippen molar-refractivity contribution in [3.8, 4) is 0 Å². The zero-order valence-electron chi connectivity index (χ0n) is 10.4. The number of amides is 1. The van der Waals surface area contributed by atoms with Crippen molar-refractivity contribution < 1.29 is 9.90 Å². The van der Waals surface area contributed by atoms with E-state index in [9.17, 15) is 4.79 Å². The van der Waals surface area contributed by atoms with Gasteiger partial charge in [0.05, 0.1) is 5.01 Å². The summed E-state index contributed by atoms with van der Waals surface area (Å²) in [6.45, 7) is 2.82. The van der Waals surface area contributed by atoms with Crippen molar-refractivity contribution in [3.63, 3.8) is 0 Å². The molecule has 0 bridgehead atoms. The molecule has 0 unspecified atom stereocenters. The van der Waals surface area contributed by atoms with E-state index in [1.807, 2.05) is 6.92 Å². The average molecular weight is 286 g/mol. The predicted molar refractivity (Wildman–Crippen MR) is 77.9 cm³/mol. The Kier molecular flexibility index (Phi) is 7.71. The molecule has 18 heavy (non-hydrogen) atoms. The Hall–Kier alpha value is -0.850. The van der Waals surface area contributed by atoms with Crippen molar-refractivity contribution in [2.75, 3.05) is 24.7 Å². The van der Waals surface area contributed by atoms with Crippen molar-refractivity contribution in [1.29, 1.82) is 0 Å². The van der Waals surface area contributed by atoms with Gasteiger partial charge in [0.15, 0.2) is 0 Å². The maximum absolute atomic E-state index is 11.4. The summed E-state index contributed by atoms with van der Waals surface area (Å²) in [7, 11) is 0. The second-order valence-electron chi connectivity index (χ2n) is 3.60. The van der Waals surface area contributed by atoms with E-state index in [1.165, 1.54) is 6.08 Å². The summed E-state index contributed by atoms with van der Waals surface area (Å²) in [5.74, 6) is 1.73. The molecule has 6 heteroatoms. The highest BCUT2D eigenvalue weighted by molar-refractivity contribution is 7.99. The van der Waals surface area contributed by atoms with Crippen LogP contribution in [0, 0.1) is 6.92 Å². The molecule has 1 heterocycles. The van der Waals surface area contributed by atoms with E-state index in [0.29, 0.717) is 6.54 Å². The van der Waals surface area contributed by atoms with Crippen LogP contribution in [0.2, 0.25) is 0 Å². The number of rotatable bonds is 8. The maximum Gasteiger partial charge on any atom is 0.244 e. The Morgan fingerprint density at radius 2 is 2.44 bits per heavy atom. The van der Waals surface area contributed by atoms with Crippen LogP contribution in [0.25, 0.3) is 6.08 Å². The minimum absolute atomic E-state index is 0.0798. The van der Waals surface area contributed by atoms with Crippen molar-refractivity contribution in [1.82, 2.24) is 10.3 Å². The molecule has 0 fully saturated rings. The van der Waals surface area contributed by atoms with Crippen molar-refractivity contribution in [2.24, 2.45) is 0 Å². The number of nitrogens with zero attached hydrogens (tertiary/aromatic N) is 1. The highest BCUT2D eigenvalue weighted by Gasteiger charge is 1.97. The van der Waals surface area contributed by atoms with Crippen molar-refractivity contribution in [3.05, 3.63) is 22.2 Å². The summed E-state index contributed by atoms with van der Waals surface area (Å²) in [5.41, 5.74) is 0. The van der Waals surface area contributed by atoms with Crippen molar-refractivity contribution in [2.45, 2.75) is 13.3 Å². The lowest BCUT2D eigenvalue weighted by Gasteiger charge is -2.01. The summed E-state index contributed by atoms with van der Waals surface area (Å²) < 4.78 is 0. The fourth-order valence-electron chi connectivity index (χ4n) is 1.19. The lowest BCUT2D eigenvalue weighted by Crippen LogP contribution is -2.23. The van der Waals surface area contributed by atoms with Crippen LogP contribution in [0.1, 0.15) is 16.3 Å². The van der Waals surface area contributed by atoms with Crippen LogP contribution in [0.3, 0.4) is 0 Å². The number of carbonyl (C=O) groups excluding carboxylic acids is 1. The van der Waals surface area contributed by atoms with Crippen LogP contribution in [0.5, 0.6) is 0 Å². The molecule has 0 aliphatic carbocycles. The number of hydrogen-bond donors (Lipinski definition) is 2. The molecule has 0 aliphatic rings. The number of hydrogen-bond acceptors (Lipinski definition) is 5. The molecular weight excluding hydrogens is 268 g/mol. The minimum atomic E-state index is -0.0798. The van der Waals surface area contributed by atoms with E-state index in [0.717, 1.165) is 27.8 Å². The first-order valence-electron chi connectivity index (χ1n) is 5.79. The standard InChI is InChI=1S/C12H18N2O2S2/c1-10-14-9-11(18-10)3-4-12(16)13-5-8-17-7-2-6-15/h3-4,9,15H,2,5-8H2,1H3,(H,13,16)/b4-3+. The van der Waals surface area contributed by atoms with Gasteiger partial charge in [0, 0.05) is 36.1 Å². The molecule has 0 aromatic carbocycles. The van der Waals surface area contributed by atoms with E-state index in [1.54, 1.807) is 35.4 Å². The smallest absolute Gasteiger partial charge is 0.244 e. The third kappa shape index (κ3) is 6.78. The van der Waals surface area contributed by atoms with Gasteiger partial charge in [0.25, 0.3) is 0 Å². The third-order valence-electron chi connectivity index (χ3n) is 2.03. The predicted octanol–water partition coefficient (Wildman–Crippen LogP) is 1.70. The van der Waals surface area contributed by atoms with Gasteiger partial charge < -0.3 is 10.4 Å².